The van der Waals surface area contributed by atoms with Crippen LogP contribution in [-0.2, 0) is 7.05 Å². The topological polar surface area (TPSA) is 60.0 Å². The van der Waals surface area contributed by atoms with Crippen molar-refractivity contribution in [1.82, 2.24) is 9.88 Å². The standard InChI is InChI=1S/C13H16FN3O/c1-17-11-4-3-10(14)7-9(11)8-12(17)13(18)16-6-2-5-15/h3-4,7-8H,2,5-6,15H2,1H3,(H,16,18). The van der Waals surface area contributed by atoms with Gasteiger partial charge in [-0.15, -0.1) is 0 Å². The first-order chi connectivity index (χ1) is 8.63. The number of nitrogens with one attached hydrogen (secondary N) is 1. The Labute approximate surface area is 105 Å². The minimum atomic E-state index is -0.303. The average Bonchev–Trinajstić information content (AvgIpc) is 2.66. The highest BCUT2D eigenvalue weighted by Gasteiger charge is 2.12. The van der Waals surface area contributed by atoms with Crippen LogP contribution in [0.1, 0.15) is 16.9 Å². The zero-order chi connectivity index (χ0) is 13.1. The van der Waals surface area contributed by atoms with E-state index in [1.54, 1.807) is 23.7 Å². The smallest absolute Gasteiger partial charge is 0.267 e. The van der Waals surface area contributed by atoms with Gasteiger partial charge in [-0.05, 0) is 37.2 Å². The van der Waals surface area contributed by atoms with E-state index in [-0.39, 0.29) is 11.7 Å². The van der Waals surface area contributed by atoms with Crippen LogP contribution in [-0.4, -0.2) is 23.6 Å². The van der Waals surface area contributed by atoms with Gasteiger partial charge in [0.2, 0.25) is 0 Å². The van der Waals surface area contributed by atoms with Crippen molar-refractivity contribution >= 4 is 16.8 Å². The van der Waals surface area contributed by atoms with E-state index in [1.165, 1.54) is 12.1 Å². The highest BCUT2D eigenvalue weighted by Crippen LogP contribution is 2.19. The monoisotopic (exact) mass is 249 g/mol. The van der Waals surface area contributed by atoms with Crippen molar-refractivity contribution in [2.45, 2.75) is 6.42 Å². The van der Waals surface area contributed by atoms with E-state index in [2.05, 4.69) is 5.32 Å². The lowest BCUT2D eigenvalue weighted by Crippen LogP contribution is -2.27. The lowest BCUT2D eigenvalue weighted by molar-refractivity contribution is 0.0946. The Kier molecular flexibility index (Phi) is 3.62. The molecule has 0 saturated heterocycles. The molecule has 96 valence electrons. The third-order valence-electron chi connectivity index (χ3n) is 2.90. The molecule has 2 aromatic rings. The van der Waals surface area contributed by atoms with Gasteiger partial charge in [0.25, 0.3) is 5.91 Å². The number of nitrogens with two attached hydrogens (primary N) is 1. The Morgan fingerprint density at radius 3 is 2.94 bits per heavy atom. The maximum absolute atomic E-state index is 13.1. The summed E-state index contributed by atoms with van der Waals surface area (Å²) in [6, 6.07) is 6.17. The molecule has 1 aromatic carbocycles. The van der Waals surface area contributed by atoms with Gasteiger partial charge in [-0.3, -0.25) is 4.79 Å². The molecule has 1 amide bonds. The summed E-state index contributed by atoms with van der Waals surface area (Å²) in [7, 11) is 1.79. The molecule has 4 nitrogen and oxygen atoms in total. The van der Waals surface area contributed by atoms with Crippen LogP contribution in [0.3, 0.4) is 0 Å². The number of benzene rings is 1. The van der Waals surface area contributed by atoms with Crippen LogP contribution in [0.15, 0.2) is 24.3 Å². The van der Waals surface area contributed by atoms with Crippen molar-refractivity contribution < 1.29 is 9.18 Å². The van der Waals surface area contributed by atoms with Gasteiger partial charge in [-0.1, -0.05) is 0 Å². The first kappa shape index (κ1) is 12.6. The zero-order valence-corrected chi connectivity index (χ0v) is 10.2. The number of hydrogen-bond acceptors (Lipinski definition) is 2. The summed E-state index contributed by atoms with van der Waals surface area (Å²) in [5.74, 6) is -0.467. The molecule has 1 aromatic heterocycles. The number of fused-ring (bicyclic) bond motifs is 1. The average molecular weight is 249 g/mol. The number of hydrogen-bond donors (Lipinski definition) is 2. The van der Waals surface area contributed by atoms with E-state index in [4.69, 9.17) is 5.73 Å². The highest BCUT2D eigenvalue weighted by molar-refractivity contribution is 5.98. The molecule has 0 unspecified atom stereocenters. The summed E-state index contributed by atoms with van der Waals surface area (Å²) in [5, 5.41) is 3.51. The molecule has 0 atom stereocenters. The van der Waals surface area contributed by atoms with Crippen molar-refractivity contribution in [2.24, 2.45) is 12.8 Å². The molecule has 0 fully saturated rings. The molecule has 0 radical (unpaired) electrons. The van der Waals surface area contributed by atoms with Crippen molar-refractivity contribution in [2.75, 3.05) is 13.1 Å². The fourth-order valence-corrected chi connectivity index (χ4v) is 1.93. The van der Waals surface area contributed by atoms with Crippen LogP contribution in [0.5, 0.6) is 0 Å². The van der Waals surface area contributed by atoms with Crippen LogP contribution in [0, 0.1) is 5.82 Å². The molecule has 0 saturated carbocycles. The molecular formula is C13H16FN3O. The first-order valence-electron chi connectivity index (χ1n) is 5.86. The lowest BCUT2D eigenvalue weighted by Gasteiger charge is -2.05. The van der Waals surface area contributed by atoms with E-state index in [0.717, 1.165) is 17.3 Å². The summed E-state index contributed by atoms with van der Waals surface area (Å²) < 4.78 is 14.9. The predicted octanol–water partition coefficient (Wildman–Crippen LogP) is 1.40. The normalized spacial score (nSPS) is 10.8. The van der Waals surface area contributed by atoms with Gasteiger partial charge >= 0.3 is 0 Å². The third-order valence-corrected chi connectivity index (χ3v) is 2.90. The number of aryl methyl sites for hydroxylation is 1. The van der Waals surface area contributed by atoms with Crippen LogP contribution in [0.25, 0.3) is 10.9 Å². The van der Waals surface area contributed by atoms with E-state index >= 15 is 0 Å². The molecule has 0 aliphatic carbocycles. The molecule has 5 heteroatoms. The minimum absolute atomic E-state index is 0.164. The maximum atomic E-state index is 13.1. The van der Waals surface area contributed by atoms with Crippen LogP contribution in [0.4, 0.5) is 4.39 Å². The molecule has 3 N–H and O–H groups in total. The summed E-state index contributed by atoms with van der Waals surface area (Å²) in [6.45, 7) is 1.09. The Morgan fingerprint density at radius 2 is 2.22 bits per heavy atom. The second-order valence-electron chi connectivity index (χ2n) is 4.19. The second kappa shape index (κ2) is 5.18. The van der Waals surface area contributed by atoms with Crippen LogP contribution >= 0.6 is 0 Å². The molecule has 0 bridgehead atoms. The molecule has 0 aliphatic heterocycles. The van der Waals surface area contributed by atoms with Gasteiger partial charge in [0.15, 0.2) is 0 Å². The highest BCUT2D eigenvalue weighted by atomic mass is 19.1. The largest absolute Gasteiger partial charge is 0.351 e. The van der Waals surface area contributed by atoms with Crippen molar-refractivity contribution in [1.29, 1.82) is 0 Å². The fourth-order valence-electron chi connectivity index (χ4n) is 1.93. The zero-order valence-electron chi connectivity index (χ0n) is 10.2. The molecule has 0 aliphatic rings. The Hall–Kier alpha value is -1.88. The third kappa shape index (κ3) is 2.36. The molecule has 1 heterocycles. The molecule has 2 rings (SSSR count). The van der Waals surface area contributed by atoms with Crippen molar-refractivity contribution in [3.8, 4) is 0 Å². The summed E-state index contributed by atoms with van der Waals surface area (Å²) in [4.78, 5) is 11.9. The number of carbonyl (C=O) groups excluding carboxylic acids is 1. The number of nitrogens with zero attached hydrogens (tertiary/aromatic N) is 1. The van der Waals surface area contributed by atoms with Crippen molar-refractivity contribution in [3.63, 3.8) is 0 Å². The van der Waals surface area contributed by atoms with E-state index in [1.807, 2.05) is 0 Å². The number of carbonyl (C=O) groups is 1. The lowest BCUT2D eigenvalue weighted by atomic mass is 10.2. The Balaban J connectivity index is 2.28. The predicted molar refractivity (Wildman–Crippen MR) is 68.9 cm³/mol. The van der Waals surface area contributed by atoms with Gasteiger partial charge in [0.1, 0.15) is 11.5 Å². The molecular weight excluding hydrogens is 233 g/mol. The SMILES string of the molecule is Cn1c(C(=O)NCCCN)cc2cc(F)ccc21. The number of rotatable bonds is 4. The van der Waals surface area contributed by atoms with Gasteiger partial charge in [0, 0.05) is 24.5 Å². The summed E-state index contributed by atoms with van der Waals surface area (Å²) in [6.07, 6.45) is 0.740. The number of amides is 1. The van der Waals surface area contributed by atoms with Gasteiger partial charge in [-0.2, -0.15) is 0 Å². The molecule has 18 heavy (non-hydrogen) atoms. The van der Waals surface area contributed by atoms with E-state index in [9.17, 15) is 9.18 Å². The Morgan fingerprint density at radius 1 is 1.44 bits per heavy atom. The summed E-state index contributed by atoms with van der Waals surface area (Å²) in [5.41, 5.74) is 6.72. The summed E-state index contributed by atoms with van der Waals surface area (Å²) >= 11 is 0. The quantitative estimate of drug-likeness (QED) is 0.804. The van der Waals surface area contributed by atoms with Gasteiger partial charge < -0.3 is 15.6 Å². The molecule has 0 spiro atoms. The van der Waals surface area contributed by atoms with Crippen LogP contribution < -0.4 is 11.1 Å². The first-order valence-corrected chi connectivity index (χ1v) is 5.86. The minimum Gasteiger partial charge on any atom is -0.351 e. The van der Waals surface area contributed by atoms with E-state index < -0.39 is 0 Å². The second-order valence-corrected chi connectivity index (χ2v) is 4.19. The van der Waals surface area contributed by atoms with Gasteiger partial charge in [-0.25, -0.2) is 4.39 Å². The van der Waals surface area contributed by atoms with Crippen LogP contribution in [0.2, 0.25) is 0 Å². The van der Waals surface area contributed by atoms with Crippen molar-refractivity contribution in [3.05, 3.63) is 35.8 Å². The van der Waals surface area contributed by atoms with Gasteiger partial charge in [0.05, 0.1) is 0 Å². The fraction of sp³-hybridized carbons (Fsp3) is 0.308. The maximum Gasteiger partial charge on any atom is 0.267 e. The number of aromatic nitrogens is 1. The Bertz CT molecular complexity index is 577. The van der Waals surface area contributed by atoms with E-state index in [0.29, 0.717) is 18.8 Å². The number of halogens is 1.